The van der Waals surface area contributed by atoms with Gasteiger partial charge in [0.05, 0.1) is 0 Å². The van der Waals surface area contributed by atoms with E-state index in [0.29, 0.717) is 0 Å². The molecule has 1 aromatic rings. The zero-order valence-electron chi connectivity index (χ0n) is 4.76. The molecule has 0 aliphatic heterocycles. The number of alkyl halides is 1. The Kier molecular flexibility index (Phi) is 1.73. The normalized spacial score (nSPS) is 9.75. The maximum Gasteiger partial charge on any atom is 0.0436 e. The Hall–Kier alpha value is -0.240. The van der Waals surface area contributed by atoms with Crippen molar-refractivity contribution in [2.75, 3.05) is 0 Å². The van der Waals surface area contributed by atoms with Crippen LogP contribution in [0.5, 0.6) is 0 Å². The number of hydrogen-bond donors (Lipinski definition) is 0. The van der Waals surface area contributed by atoms with Gasteiger partial charge in [0.25, 0.3) is 0 Å². The van der Waals surface area contributed by atoms with Crippen LogP contribution in [0.2, 0.25) is 0 Å². The van der Waals surface area contributed by atoms with Gasteiger partial charge in [-0.3, -0.25) is 0 Å². The van der Waals surface area contributed by atoms with Crippen molar-refractivity contribution < 1.29 is 0 Å². The Balaban J connectivity index is 2.92. The minimum absolute atomic E-state index is 0.941. The van der Waals surface area contributed by atoms with Gasteiger partial charge in [-0.1, -0.05) is 15.9 Å². The van der Waals surface area contributed by atoms with Crippen molar-refractivity contribution in [3.8, 4) is 0 Å². The standard InChI is InChI=1S/C6H8BrN/c1-8-4-2-3-6(8)5-7/h2-4H,5H2,1H3. The molecule has 0 saturated heterocycles. The van der Waals surface area contributed by atoms with Gasteiger partial charge in [-0.05, 0) is 12.1 Å². The predicted molar refractivity (Wildman–Crippen MR) is 38.0 cm³/mol. The zero-order chi connectivity index (χ0) is 5.98. The first-order valence-corrected chi connectivity index (χ1v) is 3.63. The molecule has 1 heterocycles. The summed E-state index contributed by atoms with van der Waals surface area (Å²) in [6, 6.07) is 4.13. The van der Waals surface area contributed by atoms with Gasteiger partial charge in [0.1, 0.15) is 0 Å². The van der Waals surface area contributed by atoms with Crippen molar-refractivity contribution in [2.24, 2.45) is 7.05 Å². The molecule has 0 amide bonds. The third-order valence-electron chi connectivity index (χ3n) is 1.19. The summed E-state index contributed by atoms with van der Waals surface area (Å²) in [6.45, 7) is 0. The topological polar surface area (TPSA) is 4.93 Å². The molecule has 0 saturated carbocycles. The summed E-state index contributed by atoms with van der Waals surface area (Å²) in [6.07, 6.45) is 2.04. The van der Waals surface area contributed by atoms with E-state index in [4.69, 9.17) is 0 Å². The van der Waals surface area contributed by atoms with Crippen LogP contribution in [0.25, 0.3) is 0 Å². The quantitative estimate of drug-likeness (QED) is 0.573. The Morgan fingerprint density at radius 1 is 1.75 bits per heavy atom. The van der Waals surface area contributed by atoms with Gasteiger partial charge in [0.2, 0.25) is 0 Å². The highest BCUT2D eigenvalue weighted by Crippen LogP contribution is 2.03. The summed E-state index contributed by atoms with van der Waals surface area (Å²) in [5.74, 6) is 0. The second-order valence-corrected chi connectivity index (χ2v) is 2.30. The summed E-state index contributed by atoms with van der Waals surface area (Å²) in [4.78, 5) is 0. The predicted octanol–water partition coefficient (Wildman–Crippen LogP) is 1.92. The molecule has 0 atom stereocenters. The van der Waals surface area contributed by atoms with Crippen molar-refractivity contribution in [1.29, 1.82) is 0 Å². The summed E-state index contributed by atoms with van der Waals surface area (Å²) >= 11 is 3.37. The molecule has 1 nitrogen and oxygen atoms in total. The second kappa shape index (κ2) is 2.35. The minimum atomic E-state index is 0.941. The van der Waals surface area contributed by atoms with Crippen LogP contribution in [0.3, 0.4) is 0 Å². The fraction of sp³-hybridized carbons (Fsp3) is 0.333. The number of nitrogens with zero attached hydrogens (tertiary/aromatic N) is 1. The number of aryl methyl sites for hydroxylation is 1. The molecular formula is C6H8BrN. The molecule has 0 spiro atoms. The molecule has 0 fully saturated rings. The first-order chi connectivity index (χ1) is 3.84. The smallest absolute Gasteiger partial charge is 0.0436 e. The van der Waals surface area contributed by atoms with E-state index in [1.807, 2.05) is 19.3 Å². The highest BCUT2D eigenvalue weighted by Gasteiger charge is 1.89. The Bertz CT molecular complexity index is 169. The lowest BCUT2D eigenvalue weighted by atomic mass is 10.5. The van der Waals surface area contributed by atoms with Crippen LogP contribution in [0.1, 0.15) is 5.69 Å². The maximum absolute atomic E-state index is 3.37. The lowest BCUT2D eigenvalue weighted by molar-refractivity contribution is 0.877. The molecule has 0 aromatic carbocycles. The summed E-state index contributed by atoms with van der Waals surface area (Å²) in [5.41, 5.74) is 1.31. The molecule has 1 rings (SSSR count). The molecule has 0 aliphatic rings. The van der Waals surface area contributed by atoms with Crippen LogP contribution >= 0.6 is 15.9 Å². The van der Waals surface area contributed by atoms with Gasteiger partial charge in [-0.2, -0.15) is 0 Å². The summed E-state index contributed by atoms with van der Waals surface area (Å²) in [7, 11) is 2.04. The van der Waals surface area contributed by atoms with Gasteiger partial charge in [0.15, 0.2) is 0 Å². The first kappa shape index (κ1) is 5.89. The first-order valence-electron chi connectivity index (χ1n) is 2.51. The van der Waals surface area contributed by atoms with E-state index in [1.54, 1.807) is 0 Å². The monoisotopic (exact) mass is 173 g/mol. The fourth-order valence-corrected chi connectivity index (χ4v) is 1.22. The average molecular weight is 174 g/mol. The van der Waals surface area contributed by atoms with Crippen molar-refractivity contribution >= 4 is 15.9 Å². The molecular weight excluding hydrogens is 166 g/mol. The summed E-state index contributed by atoms with van der Waals surface area (Å²) in [5, 5.41) is 0.941. The van der Waals surface area contributed by atoms with Crippen molar-refractivity contribution in [3.05, 3.63) is 24.0 Å². The van der Waals surface area contributed by atoms with Gasteiger partial charge < -0.3 is 4.57 Å². The third kappa shape index (κ3) is 0.944. The van der Waals surface area contributed by atoms with E-state index in [1.165, 1.54) is 5.69 Å². The van der Waals surface area contributed by atoms with Gasteiger partial charge in [0, 0.05) is 24.3 Å². The number of halogens is 1. The molecule has 8 heavy (non-hydrogen) atoms. The largest absolute Gasteiger partial charge is 0.354 e. The molecule has 0 bridgehead atoms. The third-order valence-corrected chi connectivity index (χ3v) is 1.76. The zero-order valence-corrected chi connectivity index (χ0v) is 6.35. The SMILES string of the molecule is Cn1cccc1CBr. The molecule has 2 heteroatoms. The second-order valence-electron chi connectivity index (χ2n) is 1.74. The van der Waals surface area contributed by atoms with Crippen LogP contribution in [0.4, 0.5) is 0 Å². The maximum atomic E-state index is 3.37. The minimum Gasteiger partial charge on any atom is -0.354 e. The van der Waals surface area contributed by atoms with Crippen LogP contribution in [-0.2, 0) is 12.4 Å². The van der Waals surface area contributed by atoms with Gasteiger partial charge in [-0.25, -0.2) is 0 Å². The van der Waals surface area contributed by atoms with E-state index in [9.17, 15) is 0 Å². The molecule has 0 radical (unpaired) electrons. The van der Waals surface area contributed by atoms with Crippen molar-refractivity contribution in [2.45, 2.75) is 5.33 Å². The number of hydrogen-bond acceptors (Lipinski definition) is 0. The van der Waals surface area contributed by atoms with Crippen molar-refractivity contribution in [3.63, 3.8) is 0 Å². The molecule has 0 unspecified atom stereocenters. The lowest BCUT2D eigenvalue weighted by Crippen LogP contribution is -1.88. The Morgan fingerprint density at radius 2 is 2.50 bits per heavy atom. The molecule has 1 aromatic heterocycles. The van der Waals surface area contributed by atoms with Crippen LogP contribution < -0.4 is 0 Å². The van der Waals surface area contributed by atoms with E-state index in [-0.39, 0.29) is 0 Å². The molecule has 0 aliphatic carbocycles. The van der Waals surface area contributed by atoms with Crippen LogP contribution in [0.15, 0.2) is 18.3 Å². The number of rotatable bonds is 1. The fourth-order valence-electron chi connectivity index (χ4n) is 0.635. The Morgan fingerprint density at radius 3 is 2.75 bits per heavy atom. The van der Waals surface area contributed by atoms with E-state index < -0.39 is 0 Å². The lowest BCUT2D eigenvalue weighted by Gasteiger charge is -1.94. The van der Waals surface area contributed by atoms with Crippen molar-refractivity contribution in [1.82, 2.24) is 4.57 Å². The van der Waals surface area contributed by atoms with E-state index in [2.05, 4.69) is 26.6 Å². The van der Waals surface area contributed by atoms with Crippen LogP contribution in [0, 0.1) is 0 Å². The summed E-state index contributed by atoms with van der Waals surface area (Å²) < 4.78 is 2.09. The Labute approximate surface area is 57.4 Å². The van der Waals surface area contributed by atoms with Gasteiger partial charge >= 0.3 is 0 Å². The van der Waals surface area contributed by atoms with E-state index >= 15 is 0 Å². The average Bonchev–Trinajstić information content (AvgIpc) is 2.14. The highest BCUT2D eigenvalue weighted by molar-refractivity contribution is 9.08. The van der Waals surface area contributed by atoms with E-state index in [0.717, 1.165) is 5.33 Å². The molecule has 0 N–H and O–H groups in total. The highest BCUT2D eigenvalue weighted by atomic mass is 79.9. The van der Waals surface area contributed by atoms with Crippen LogP contribution in [-0.4, -0.2) is 4.57 Å². The number of aromatic nitrogens is 1. The van der Waals surface area contributed by atoms with Gasteiger partial charge in [-0.15, -0.1) is 0 Å². The molecule has 44 valence electrons.